The van der Waals surface area contributed by atoms with E-state index in [1.807, 2.05) is 6.07 Å². The van der Waals surface area contributed by atoms with Gasteiger partial charge in [0.05, 0.1) is 13.0 Å². The molecule has 0 saturated carbocycles. The smallest absolute Gasteiger partial charge is 0.338 e. The van der Waals surface area contributed by atoms with Crippen molar-refractivity contribution in [1.29, 1.82) is 0 Å². The number of hydrazine groups is 1. The van der Waals surface area contributed by atoms with Crippen LogP contribution in [0.15, 0.2) is 30.3 Å². The SMILES string of the molecule is CCOC(=O)C1OC1C(=O)N(CC(N)=O)NC(=O)C(C)NC(=O)C(C)NC(=O)Cc1ccccc1. The molecule has 1 aromatic carbocycles. The number of amides is 5. The molecular weight excluding hydrogens is 462 g/mol. The van der Waals surface area contributed by atoms with Crippen LogP contribution in [0.3, 0.4) is 0 Å². The van der Waals surface area contributed by atoms with Crippen LogP contribution in [-0.2, 0) is 44.7 Å². The van der Waals surface area contributed by atoms with Gasteiger partial charge in [0.2, 0.25) is 17.7 Å². The van der Waals surface area contributed by atoms with Crippen molar-refractivity contribution >= 4 is 35.5 Å². The molecule has 1 aliphatic rings. The van der Waals surface area contributed by atoms with Crippen molar-refractivity contribution in [2.24, 2.45) is 5.73 Å². The molecule has 0 aromatic heterocycles. The van der Waals surface area contributed by atoms with Crippen molar-refractivity contribution in [2.45, 2.75) is 51.5 Å². The molecule has 5 amide bonds. The van der Waals surface area contributed by atoms with Crippen molar-refractivity contribution in [2.75, 3.05) is 13.2 Å². The first-order valence-electron chi connectivity index (χ1n) is 10.9. The number of esters is 1. The van der Waals surface area contributed by atoms with Crippen molar-refractivity contribution in [3.63, 3.8) is 0 Å². The molecule has 13 heteroatoms. The van der Waals surface area contributed by atoms with Crippen LogP contribution < -0.4 is 21.8 Å². The second kappa shape index (κ2) is 12.5. The summed E-state index contributed by atoms with van der Waals surface area (Å²) in [5, 5.41) is 5.56. The van der Waals surface area contributed by atoms with Gasteiger partial charge in [-0.15, -0.1) is 0 Å². The number of benzene rings is 1. The second-order valence-electron chi connectivity index (χ2n) is 7.78. The minimum absolute atomic E-state index is 0.0781. The molecule has 4 atom stereocenters. The van der Waals surface area contributed by atoms with Gasteiger partial charge in [-0.1, -0.05) is 30.3 Å². The number of hydrogen-bond donors (Lipinski definition) is 4. The fourth-order valence-electron chi connectivity index (χ4n) is 2.96. The van der Waals surface area contributed by atoms with Gasteiger partial charge in [0.1, 0.15) is 18.6 Å². The molecule has 0 spiro atoms. The van der Waals surface area contributed by atoms with E-state index in [0.29, 0.717) is 5.01 Å². The third-order valence-electron chi connectivity index (χ3n) is 4.81. The summed E-state index contributed by atoms with van der Waals surface area (Å²) in [6.07, 6.45) is -2.31. The molecule has 2 rings (SSSR count). The van der Waals surface area contributed by atoms with Gasteiger partial charge < -0.3 is 25.8 Å². The van der Waals surface area contributed by atoms with E-state index in [9.17, 15) is 28.8 Å². The van der Waals surface area contributed by atoms with E-state index >= 15 is 0 Å². The van der Waals surface area contributed by atoms with Crippen LogP contribution in [0.1, 0.15) is 26.3 Å². The first kappa shape index (κ1) is 27.2. The average Bonchev–Trinajstić information content (AvgIpc) is 3.59. The molecule has 13 nitrogen and oxygen atoms in total. The average molecular weight is 492 g/mol. The Kier molecular flexibility index (Phi) is 9.70. The minimum atomic E-state index is -1.24. The molecular formula is C22H29N5O8. The Morgan fingerprint density at radius 3 is 2.23 bits per heavy atom. The summed E-state index contributed by atoms with van der Waals surface area (Å²) >= 11 is 0. The molecule has 4 unspecified atom stereocenters. The number of primary amides is 1. The summed E-state index contributed by atoms with van der Waals surface area (Å²) in [5.41, 5.74) is 8.10. The zero-order valence-corrected chi connectivity index (χ0v) is 19.6. The van der Waals surface area contributed by atoms with E-state index in [2.05, 4.69) is 16.1 Å². The normalized spacial score (nSPS) is 17.8. The summed E-state index contributed by atoms with van der Waals surface area (Å²) in [4.78, 5) is 72.7. The first-order valence-corrected chi connectivity index (χ1v) is 10.9. The van der Waals surface area contributed by atoms with Crippen LogP contribution in [0, 0.1) is 0 Å². The highest BCUT2D eigenvalue weighted by atomic mass is 16.6. The lowest BCUT2D eigenvalue weighted by atomic mass is 10.1. The van der Waals surface area contributed by atoms with Gasteiger partial charge in [-0.05, 0) is 26.3 Å². The number of rotatable bonds is 11. The van der Waals surface area contributed by atoms with Gasteiger partial charge >= 0.3 is 5.97 Å². The zero-order chi connectivity index (χ0) is 26.1. The Labute approximate surface area is 201 Å². The monoisotopic (exact) mass is 491 g/mol. The Morgan fingerprint density at radius 1 is 1.00 bits per heavy atom. The number of nitrogens with one attached hydrogen (secondary N) is 3. The summed E-state index contributed by atoms with van der Waals surface area (Å²) in [5.74, 6) is -4.43. The molecule has 190 valence electrons. The Morgan fingerprint density at radius 2 is 1.63 bits per heavy atom. The lowest BCUT2D eigenvalue weighted by Crippen LogP contribution is -2.57. The molecule has 5 N–H and O–H groups in total. The number of epoxide rings is 1. The highest BCUT2D eigenvalue weighted by Gasteiger charge is 2.53. The van der Waals surface area contributed by atoms with Crippen LogP contribution in [0.2, 0.25) is 0 Å². The highest BCUT2D eigenvalue weighted by molar-refractivity contribution is 5.97. The summed E-state index contributed by atoms with van der Waals surface area (Å²) in [6.45, 7) is 3.78. The van der Waals surface area contributed by atoms with Crippen LogP contribution in [0.5, 0.6) is 0 Å². The number of nitrogens with zero attached hydrogens (tertiary/aromatic N) is 1. The van der Waals surface area contributed by atoms with Crippen molar-refractivity contribution in [3.8, 4) is 0 Å². The van der Waals surface area contributed by atoms with Crippen LogP contribution in [0.4, 0.5) is 0 Å². The predicted molar refractivity (Wildman–Crippen MR) is 120 cm³/mol. The molecule has 0 bridgehead atoms. The fourth-order valence-corrected chi connectivity index (χ4v) is 2.96. The Bertz CT molecular complexity index is 970. The minimum Gasteiger partial charge on any atom is -0.464 e. The second-order valence-corrected chi connectivity index (χ2v) is 7.78. The number of carbonyl (C=O) groups is 6. The maximum atomic E-state index is 12.6. The largest absolute Gasteiger partial charge is 0.464 e. The van der Waals surface area contributed by atoms with Crippen molar-refractivity contribution in [1.82, 2.24) is 21.1 Å². The van der Waals surface area contributed by atoms with Crippen molar-refractivity contribution in [3.05, 3.63) is 35.9 Å². The predicted octanol–water partition coefficient (Wildman–Crippen LogP) is -2.09. The molecule has 0 aliphatic carbocycles. The number of nitrogens with two attached hydrogens (primary N) is 1. The first-order chi connectivity index (χ1) is 16.5. The molecule has 1 aromatic rings. The summed E-state index contributed by atoms with van der Waals surface area (Å²) in [7, 11) is 0. The van der Waals surface area contributed by atoms with E-state index in [4.69, 9.17) is 15.2 Å². The van der Waals surface area contributed by atoms with Crippen LogP contribution in [0.25, 0.3) is 0 Å². The quantitative estimate of drug-likeness (QED) is 0.154. The molecule has 0 radical (unpaired) electrons. The summed E-state index contributed by atoms with van der Waals surface area (Å²) < 4.78 is 9.76. The van der Waals surface area contributed by atoms with E-state index in [0.717, 1.165) is 5.56 Å². The maximum absolute atomic E-state index is 12.6. The fraction of sp³-hybridized carbons (Fsp3) is 0.455. The third-order valence-corrected chi connectivity index (χ3v) is 4.81. The lowest BCUT2D eigenvalue weighted by molar-refractivity contribution is -0.146. The van der Waals surface area contributed by atoms with Crippen molar-refractivity contribution < 1.29 is 38.2 Å². The molecule has 35 heavy (non-hydrogen) atoms. The number of carbonyl (C=O) groups excluding carboxylic acids is 6. The molecule has 1 heterocycles. The topological polar surface area (TPSA) is 190 Å². The van der Waals surface area contributed by atoms with E-state index in [1.165, 1.54) is 13.8 Å². The summed E-state index contributed by atoms with van der Waals surface area (Å²) in [6, 6.07) is 6.85. The molecule has 1 saturated heterocycles. The van der Waals surface area contributed by atoms with Crippen LogP contribution >= 0.6 is 0 Å². The van der Waals surface area contributed by atoms with Gasteiger partial charge in [0.15, 0.2) is 12.2 Å². The van der Waals surface area contributed by atoms with Gasteiger partial charge in [0, 0.05) is 0 Å². The van der Waals surface area contributed by atoms with E-state index in [-0.39, 0.29) is 18.9 Å². The zero-order valence-electron chi connectivity index (χ0n) is 19.6. The van der Waals surface area contributed by atoms with Gasteiger partial charge in [0.25, 0.3) is 11.8 Å². The lowest BCUT2D eigenvalue weighted by Gasteiger charge is -2.24. The Hall–Kier alpha value is -4.00. The third kappa shape index (κ3) is 8.37. The van der Waals surface area contributed by atoms with Gasteiger partial charge in [-0.2, -0.15) is 0 Å². The van der Waals surface area contributed by atoms with Gasteiger partial charge in [-0.25, -0.2) is 9.80 Å². The highest BCUT2D eigenvalue weighted by Crippen LogP contribution is 2.25. The number of hydrogen-bond acceptors (Lipinski definition) is 8. The van der Waals surface area contributed by atoms with E-state index < -0.39 is 60.4 Å². The van der Waals surface area contributed by atoms with Crippen LogP contribution in [-0.4, -0.2) is 78.0 Å². The molecule has 1 aliphatic heterocycles. The molecule has 1 fully saturated rings. The number of ether oxygens (including phenoxy) is 2. The van der Waals surface area contributed by atoms with Gasteiger partial charge in [-0.3, -0.25) is 29.4 Å². The maximum Gasteiger partial charge on any atom is 0.338 e. The Balaban J connectivity index is 1.88. The van der Waals surface area contributed by atoms with E-state index in [1.54, 1.807) is 31.2 Å². The standard InChI is InChI=1S/C22H29N5O8/c1-4-34-22(33)18-17(35-18)21(32)27(11-15(23)28)26-20(31)13(3)25-19(30)12(2)24-16(29)10-14-8-6-5-7-9-14/h5-9,12-13,17-18H,4,10-11H2,1-3H3,(H2,23,28)(H,24,29)(H,25,30)(H,26,31).